The molecule has 15 heavy (non-hydrogen) atoms. The van der Waals surface area contributed by atoms with Crippen molar-refractivity contribution in [2.45, 2.75) is 51.2 Å². The van der Waals surface area contributed by atoms with Crippen LogP contribution in [0, 0.1) is 0 Å². The van der Waals surface area contributed by atoms with Gasteiger partial charge in [-0.05, 0) is 32.3 Å². The predicted octanol–water partition coefficient (Wildman–Crippen LogP) is 3.75. The Balaban J connectivity index is 2.07. The van der Waals surface area contributed by atoms with Crippen molar-refractivity contribution < 1.29 is 4.74 Å². The molecule has 0 aliphatic carbocycles. The highest BCUT2D eigenvalue weighted by molar-refractivity contribution is 5.20. The van der Waals surface area contributed by atoms with Crippen molar-refractivity contribution in [2.75, 3.05) is 0 Å². The molecule has 0 spiro atoms. The fraction of sp³-hybridized carbons (Fsp3) is 0.571. The second-order valence-electron chi connectivity index (χ2n) is 5.15. The van der Waals surface area contributed by atoms with Crippen molar-refractivity contribution in [3.63, 3.8) is 0 Å². The molecular formula is C14H20O. The van der Waals surface area contributed by atoms with Crippen LogP contribution in [0.15, 0.2) is 30.3 Å². The van der Waals surface area contributed by atoms with Crippen LogP contribution in [0.4, 0.5) is 0 Å². The lowest BCUT2D eigenvalue weighted by Gasteiger charge is -2.23. The van der Waals surface area contributed by atoms with Crippen LogP contribution in [0.3, 0.4) is 0 Å². The molecule has 1 fully saturated rings. The third kappa shape index (κ3) is 2.40. The summed E-state index contributed by atoms with van der Waals surface area (Å²) in [4.78, 5) is 0. The summed E-state index contributed by atoms with van der Waals surface area (Å²) in [6, 6.07) is 10.7. The van der Waals surface area contributed by atoms with Gasteiger partial charge < -0.3 is 4.74 Å². The molecule has 0 saturated carbocycles. The van der Waals surface area contributed by atoms with Crippen LogP contribution >= 0.6 is 0 Å². The van der Waals surface area contributed by atoms with Crippen LogP contribution in [-0.4, -0.2) is 11.7 Å². The Labute approximate surface area is 92.5 Å². The van der Waals surface area contributed by atoms with Gasteiger partial charge in [0.2, 0.25) is 0 Å². The molecule has 0 radical (unpaired) electrons. The molecule has 1 aliphatic rings. The van der Waals surface area contributed by atoms with Crippen LogP contribution in [0.1, 0.15) is 45.1 Å². The van der Waals surface area contributed by atoms with Gasteiger partial charge in [0.25, 0.3) is 0 Å². The quantitative estimate of drug-likeness (QED) is 0.713. The van der Waals surface area contributed by atoms with E-state index in [0.717, 1.165) is 0 Å². The lowest BCUT2D eigenvalue weighted by Crippen LogP contribution is -2.23. The van der Waals surface area contributed by atoms with Gasteiger partial charge in [0, 0.05) is 5.92 Å². The zero-order chi connectivity index (χ0) is 10.9. The smallest absolute Gasteiger partial charge is 0.0649 e. The molecular weight excluding hydrogens is 184 g/mol. The topological polar surface area (TPSA) is 9.23 Å². The lowest BCUT2D eigenvalue weighted by atomic mass is 9.93. The van der Waals surface area contributed by atoms with Crippen LogP contribution in [0.2, 0.25) is 0 Å². The van der Waals surface area contributed by atoms with Gasteiger partial charge in [-0.25, -0.2) is 0 Å². The van der Waals surface area contributed by atoms with Crippen molar-refractivity contribution in [3.8, 4) is 0 Å². The standard InChI is InChI=1S/C14H20O/c1-11(12-7-5-4-6-8-12)13-9-10-14(2,3)15-13/h4-8,11,13H,9-10H2,1-3H3/t11-,13+/m1/s1. The van der Waals surface area contributed by atoms with E-state index in [-0.39, 0.29) is 5.60 Å². The normalized spacial score (nSPS) is 26.5. The van der Waals surface area contributed by atoms with Gasteiger partial charge in [-0.3, -0.25) is 0 Å². The molecule has 82 valence electrons. The zero-order valence-corrected chi connectivity index (χ0v) is 9.86. The van der Waals surface area contributed by atoms with Gasteiger partial charge in [-0.1, -0.05) is 37.3 Å². The number of rotatable bonds is 2. The summed E-state index contributed by atoms with van der Waals surface area (Å²) >= 11 is 0. The van der Waals surface area contributed by atoms with E-state index in [4.69, 9.17) is 4.74 Å². The average Bonchev–Trinajstić information content (AvgIpc) is 2.59. The van der Waals surface area contributed by atoms with E-state index in [9.17, 15) is 0 Å². The molecule has 2 atom stereocenters. The average molecular weight is 204 g/mol. The fourth-order valence-corrected chi connectivity index (χ4v) is 2.34. The summed E-state index contributed by atoms with van der Waals surface area (Å²) in [7, 11) is 0. The summed E-state index contributed by atoms with van der Waals surface area (Å²) in [6.07, 6.45) is 2.75. The monoisotopic (exact) mass is 204 g/mol. The first-order valence-electron chi connectivity index (χ1n) is 5.81. The van der Waals surface area contributed by atoms with Gasteiger partial charge >= 0.3 is 0 Å². The van der Waals surface area contributed by atoms with E-state index >= 15 is 0 Å². The van der Waals surface area contributed by atoms with Crippen molar-refractivity contribution in [2.24, 2.45) is 0 Å². The highest BCUT2D eigenvalue weighted by atomic mass is 16.5. The number of ether oxygens (including phenoxy) is 1. The Morgan fingerprint density at radius 2 is 1.93 bits per heavy atom. The molecule has 1 nitrogen and oxygen atoms in total. The highest BCUT2D eigenvalue weighted by Gasteiger charge is 2.34. The van der Waals surface area contributed by atoms with Gasteiger partial charge in [-0.15, -0.1) is 0 Å². The van der Waals surface area contributed by atoms with Gasteiger partial charge in [-0.2, -0.15) is 0 Å². The van der Waals surface area contributed by atoms with Gasteiger partial charge in [0.05, 0.1) is 11.7 Å². The maximum Gasteiger partial charge on any atom is 0.0649 e. The molecule has 1 heteroatoms. The van der Waals surface area contributed by atoms with Crippen molar-refractivity contribution in [3.05, 3.63) is 35.9 Å². The molecule has 1 aromatic carbocycles. The summed E-state index contributed by atoms with van der Waals surface area (Å²) in [5, 5.41) is 0. The molecule has 0 bridgehead atoms. The first kappa shape index (κ1) is 10.7. The SMILES string of the molecule is C[C@H](c1ccccc1)[C@@H]1CCC(C)(C)O1. The summed E-state index contributed by atoms with van der Waals surface area (Å²) < 4.78 is 6.06. The van der Waals surface area contributed by atoms with Crippen molar-refractivity contribution in [1.29, 1.82) is 0 Å². The molecule has 0 unspecified atom stereocenters. The Hall–Kier alpha value is -0.820. The van der Waals surface area contributed by atoms with Crippen LogP contribution in [0.25, 0.3) is 0 Å². The largest absolute Gasteiger partial charge is 0.372 e. The van der Waals surface area contributed by atoms with Crippen molar-refractivity contribution >= 4 is 0 Å². The Morgan fingerprint density at radius 3 is 2.47 bits per heavy atom. The number of benzene rings is 1. The van der Waals surface area contributed by atoms with Crippen LogP contribution in [-0.2, 0) is 4.74 Å². The minimum Gasteiger partial charge on any atom is -0.372 e. The maximum absolute atomic E-state index is 6.06. The summed E-state index contributed by atoms with van der Waals surface area (Å²) in [6.45, 7) is 6.64. The molecule has 2 rings (SSSR count). The highest BCUT2D eigenvalue weighted by Crippen LogP contribution is 2.36. The van der Waals surface area contributed by atoms with Crippen LogP contribution in [0.5, 0.6) is 0 Å². The third-order valence-corrected chi connectivity index (χ3v) is 3.38. The summed E-state index contributed by atoms with van der Waals surface area (Å²) in [5.74, 6) is 0.507. The Bertz CT molecular complexity index is 315. The number of hydrogen-bond donors (Lipinski definition) is 0. The minimum absolute atomic E-state index is 0.0771. The molecule has 0 amide bonds. The van der Waals surface area contributed by atoms with E-state index in [0.29, 0.717) is 12.0 Å². The minimum atomic E-state index is 0.0771. The lowest BCUT2D eigenvalue weighted by molar-refractivity contribution is -0.0242. The zero-order valence-electron chi connectivity index (χ0n) is 9.86. The molecule has 1 aromatic rings. The van der Waals surface area contributed by atoms with E-state index < -0.39 is 0 Å². The third-order valence-electron chi connectivity index (χ3n) is 3.38. The van der Waals surface area contributed by atoms with E-state index in [1.807, 2.05) is 0 Å². The molecule has 1 heterocycles. The summed E-state index contributed by atoms with van der Waals surface area (Å²) in [5.41, 5.74) is 1.47. The second kappa shape index (κ2) is 3.97. The molecule has 0 aromatic heterocycles. The van der Waals surface area contributed by atoms with E-state index in [1.165, 1.54) is 18.4 Å². The molecule has 1 aliphatic heterocycles. The number of hydrogen-bond acceptors (Lipinski definition) is 1. The first-order chi connectivity index (χ1) is 7.08. The van der Waals surface area contributed by atoms with Gasteiger partial charge in [0.15, 0.2) is 0 Å². The van der Waals surface area contributed by atoms with Gasteiger partial charge in [0.1, 0.15) is 0 Å². The van der Waals surface area contributed by atoms with Crippen LogP contribution < -0.4 is 0 Å². The van der Waals surface area contributed by atoms with E-state index in [1.54, 1.807) is 0 Å². The van der Waals surface area contributed by atoms with E-state index in [2.05, 4.69) is 51.1 Å². The predicted molar refractivity (Wildman–Crippen MR) is 63.0 cm³/mol. The molecule has 0 N–H and O–H groups in total. The Morgan fingerprint density at radius 1 is 1.27 bits per heavy atom. The fourth-order valence-electron chi connectivity index (χ4n) is 2.34. The second-order valence-corrected chi connectivity index (χ2v) is 5.15. The first-order valence-corrected chi connectivity index (χ1v) is 5.81. The maximum atomic E-state index is 6.06. The molecule has 1 saturated heterocycles. The van der Waals surface area contributed by atoms with Crippen molar-refractivity contribution in [1.82, 2.24) is 0 Å². The Kier molecular flexibility index (Phi) is 2.83.